The number of hydrogen-bond acceptors (Lipinski definition) is 5. The first-order valence-electron chi connectivity index (χ1n) is 5.32. The first kappa shape index (κ1) is 12.4. The lowest BCUT2D eigenvalue weighted by Crippen LogP contribution is -2.43. The number of amides is 1. The third kappa shape index (κ3) is 4.03. The number of morpholine rings is 1. The Kier molecular flexibility index (Phi) is 4.41. The molecular weight excluding hydrogens is 288 g/mol. The van der Waals surface area contributed by atoms with Gasteiger partial charge in [0.2, 0.25) is 5.91 Å². The van der Waals surface area contributed by atoms with E-state index in [1.807, 2.05) is 0 Å². The van der Waals surface area contributed by atoms with Gasteiger partial charge < -0.3 is 15.4 Å². The summed E-state index contributed by atoms with van der Waals surface area (Å²) in [5.41, 5.74) is 0. The lowest BCUT2D eigenvalue weighted by Gasteiger charge is -2.23. The number of carbonyl (C=O) groups excluding carboxylic acids is 1. The number of nitrogens with zero attached hydrogens (tertiary/aromatic N) is 2. The Morgan fingerprint density at radius 2 is 2.47 bits per heavy atom. The minimum atomic E-state index is -0.0929. The number of rotatable bonds is 3. The monoisotopic (exact) mass is 300 g/mol. The van der Waals surface area contributed by atoms with Gasteiger partial charge in [0.05, 0.1) is 25.6 Å². The normalized spacial score (nSPS) is 19.9. The van der Waals surface area contributed by atoms with Crippen molar-refractivity contribution in [3.8, 4) is 0 Å². The molecule has 7 heteroatoms. The lowest BCUT2D eigenvalue weighted by atomic mass is 10.2. The van der Waals surface area contributed by atoms with E-state index in [4.69, 9.17) is 4.74 Å². The highest BCUT2D eigenvalue weighted by Gasteiger charge is 2.17. The second-order valence-electron chi connectivity index (χ2n) is 3.70. The molecule has 0 radical (unpaired) electrons. The molecule has 17 heavy (non-hydrogen) atoms. The van der Waals surface area contributed by atoms with E-state index < -0.39 is 0 Å². The molecule has 92 valence electrons. The predicted octanol–water partition coefficient (Wildman–Crippen LogP) is 0.556. The second kappa shape index (κ2) is 6.04. The summed E-state index contributed by atoms with van der Waals surface area (Å²) < 4.78 is 5.91. The Morgan fingerprint density at radius 1 is 1.59 bits per heavy atom. The van der Waals surface area contributed by atoms with Crippen LogP contribution in [0.4, 0.5) is 5.82 Å². The number of nitrogens with one attached hydrogen (secondary N) is 2. The Hall–Kier alpha value is -1.05. The van der Waals surface area contributed by atoms with Crippen LogP contribution in [0.3, 0.4) is 0 Å². The second-order valence-corrected chi connectivity index (χ2v) is 4.52. The molecule has 2 N–H and O–H groups in total. The summed E-state index contributed by atoms with van der Waals surface area (Å²) in [5, 5.41) is 5.90. The number of ether oxygens (including phenoxy) is 1. The van der Waals surface area contributed by atoms with Gasteiger partial charge in [-0.05, 0) is 15.9 Å². The Labute approximate surface area is 107 Å². The van der Waals surface area contributed by atoms with Crippen LogP contribution in [0.2, 0.25) is 0 Å². The summed E-state index contributed by atoms with van der Waals surface area (Å²) in [6.07, 6.45) is 3.42. The zero-order valence-electron chi connectivity index (χ0n) is 9.15. The van der Waals surface area contributed by atoms with Crippen molar-refractivity contribution in [2.45, 2.75) is 12.5 Å². The van der Waals surface area contributed by atoms with Gasteiger partial charge in [-0.15, -0.1) is 0 Å². The smallest absolute Gasteiger partial charge is 0.227 e. The fourth-order valence-corrected chi connectivity index (χ4v) is 1.75. The van der Waals surface area contributed by atoms with E-state index in [9.17, 15) is 4.79 Å². The van der Waals surface area contributed by atoms with E-state index in [-0.39, 0.29) is 11.9 Å². The summed E-state index contributed by atoms with van der Waals surface area (Å²) >= 11 is 3.18. The molecule has 0 aliphatic carbocycles. The van der Waals surface area contributed by atoms with Crippen molar-refractivity contribution in [2.24, 2.45) is 0 Å². The molecule has 1 unspecified atom stereocenters. The summed E-state index contributed by atoms with van der Waals surface area (Å²) in [4.78, 5) is 19.7. The summed E-state index contributed by atoms with van der Waals surface area (Å²) in [6, 6.07) is 0.0761. The molecule has 1 fully saturated rings. The van der Waals surface area contributed by atoms with Crippen molar-refractivity contribution >= 4 is 27.7 Å². The lowest BCUT2D eigenvalue weighted by molar-refractivity contribution is -0.117. The highest BCUT2D eigenvalue weighted by Crippen LogP contribution is 2.07. The molecule has 1 aliphatic rings. The fourth-order valence-electron chi connectivity index (χ4n) is 1.55. The van der Waals surface area contributed by atoms with Gasteiger partial charge >= 0.3 is 0 Å². The van der Waals surface area contributed by atoms with E-state index in [1.165, 1.54) is 12.4 Å². The molecular formula is C10H13BrN4O2. The maximum absolute atomic E-state index is 11.7. The van der Waals surface area contributed by atoms with Crippen LogP contribution < -0.4 is 10.6 Å². The highest BCUT2D eigenvalue weighted by molar-refractivity contribution is 9.10. The van der Waals surface area contributed by atoms with Crippen molar-refractivity contribution < 1.29 is 9.53 Å². The Balaban J connectivity index is 1.82. The first-order chi connectivity index (χ1) is 8.24. The molecule has 1 atom stereocenters. The molecule has 2 heterocycles. The largest absolute Gasteiger partial charge is 0.378 e. The van der Waals surface area contributed by atoms with Gasteiger partial charge in [0, 0.05) is 19.0 Å². The zero-order valence-corrected chi connectivity index (χ0v) is 10.7. The van der Waals surface area contributed by atoms with E-state index in [2.05, 4.69) is 36.5 Å². The number of halogens is 1. The van der Waals surface area contributed by atoms with Crippen molar-refractivity contribution in [3.05, 3.63) is 17.0 Å². The average Bonchev–Trinajstić information content (AvgIpc) is 2.33. The van der Waals surface area contributed by atoms with Gasteiger partial charge in [0.15, 0.2) is 5.82 Å². The van der Waals surface area contributed by atoms with E-state index in [0.717, 1.165) is 6.54 Å². The number of anilines is 1. The van der Waals surface area contributed by atoms with Gasteiger partial charge in [-0.2, -0.15) is 0 Å². The minimum Gasteiger partial charge on any atom is -0.378 e. The third-order valence-electron chi connectivity index (χ3n) is 2.32. The molecule has 1 saturated heterocycles. The maximum Gasteiger partial charge on any atom is 0.227 e. The van der Waals surface area contributed by atoms with Gasteiger partial charge in [0.1, 0.15) is 4.60 Å². The van der Waals surface area contributed by atoms with Crippen LogP contribution in [0, 0.1) is 0 Å². The standard InChI is InChI=1S/C10H13BrN4O2/c11-8-4-14-9(5-13-8)15-10(16)3-7-6-17-2-1-12-7/h4-5,7,12H,1-3,6H2,(H,14,15,16). The van der Waals surface area contributed by atoms with E-state index in [1.54, 1.807) is 0 Å². The van der Waals surface area contributed by atoms with Crippen molar-refractivity contribution in [1.29, 1.82) is 0 Å². The van der Waals surface area contributed by atoms with Crippen LogP contribution in [0.25, 0.3) is 0 Å². The van der Waals surface area contributed by atoms with Crippen LogP contribution in [0.5, 0.6) is 0 Å². The van der Waals surface area contributed by atoms with Crippen molar-refractivity contribution in [3.63, 3.8) is 0 Å². The summed E-state index contributed by atoms with van der Waals surface area (Å²) in [5.74, 6) is 0.361. The maximum atomic E-state index is 11.7. The van der Waals surface area contributed by atoms with Gasteiger partial charge in [-0.3, -0.25) is 4.79 Å². The average molecular weight is 301 g/mol. The van der Waals surface area contributed by atoms with Crippen LogP contribution in [0.15, 0.2) is 17.0 Å². The number of carbonyl (C=O) groups is 1. The van der Waals surface area contributed by atoms with Gasteiger partial charge in [-0.1, -0.05) is 0 Å². The van der Waals surface area contributed by atoms with Crippen molar-refractivity contribution in [1.82, 2.24) is 15.3 Å². The number of aromatic nitrogens is 2. The predicted molar refractivity (Wildman–Crippen MR) is 65.6 cm³/mol. The fraction of sp³-hybridized carbons (Fsp3) is 0.500. The molecule has 0 saturated carbocycles. The molecule has 6 nitrogen and oxygen atoms in total. The van der Waals surface area contributed by atoms with Gasteiger partial charge in [0.25, 0.3) is 0 Å². The molecule has 1 aromatic rings. The minimum absolute atomic E-state index is 0.0761. The van der Waals surface area contributed by atoms with E-state index >= 15 is 0 Å². The zero-order chi connectivity index (χ0) is 12.1. The SMILES string of the molecule is O=C(CC1COCCN1)Nc1cnc(Br)cn1. The first-order valence-corrected chi connectivity index (χ1v) is 6.12. The van der Waals surface area contributed by atoms with Crippen molar-refractivity contribution in [2.75, 3.05) is 25.1 Å². The topological polar surface area (TPSA) is 76.1 Å². The molecule has 1 aliphatic heterocycles. The Bertz CT molecular complexity index is 378. The van der Waals surface area contributed by atoms with Gasteiger partial charge in [-0.25, -0.2) is 9.97 Å². The molecule has 0 aromatic carbocycles. The summed E-state index contributed by atoms with van der Waals surface area (Å²) in [6.45, 7) is 2.06. The quantitative estimate of drug-likeness (QED) is 0.853. The third-order valence-corrected chi connectivity index (χ3v) is 2.73. The molecule has 2 rings (SSSR count). The summed E-state index contributed by atoms with van der Waals surface area (Å²) in [7, 11) is 0. The molecule has 0 spiro atoms. The molecule has 0 bridgehead atoms. The van der Waals surface area contributed by atoms with Crippen LogP contribution in [0.1, 0.15) is 6.42 Å². The molecule has 1 amide bonds. The Morgan fingerprint density at radius 3 is 3.12 bits per heavy atom. The highest BCUT2D eigenvalue weighted by atomic mass is 79.9. The van der Waals surface area contributed by atoms with Crippen LogP contribution >= 0.6 is 15.9 Å². The number of hydrogen-bond donors (Lipinski definition) is 2. The van der Waals surface area contributed by atoms with Crippen LogP contribution in [-0.2, 0) is 9.53 Å². The van der Waals surface area contributed by atoms with Crippen LogP contribution in [-0.4, -0.2) is 41.7 Å². The molecule has 1 aromatic heterocycles. The van der Waals surface area contributed by atoms with E-state index in [0.29, 0.717) is 30.1 Å².